The molecule has 1 aliphatic carbocycles. The largest absolute Gasteiger partial charge is 0.489 e. The summed E-state index contributed by atoms with van der Waals surface area (Å²) in [5, 5.41) is 0. The lowest BCUT2D eigenvalue weighted by Crippen LogP contribution is -2.27. The molecule has 2 aromatic rings. The first-order valence-corrected chi connectivity index (χ1v) is 7.36. The molecule has 0 aliphatic heterocycles. The van der Waals surface area contributed by atoms with Gasteiger partial charge in [0.05, 0.1) is 0 Å². The molecule has 2 N–H and O–H groups in total. The van der Waals surface area contributed by atoms with Gasteiger partial charge in [0.25, 0.3) is 0 Å². The Bertz CT molecular complexity index is 554. The fraction of sp³-hybridized carbons (Fsp3) is 0.333. The van der Waals surface area contributed by atoms with Gasteiger partial charge in [0, 0.05) is 11.6 Å². The van der Waals surface area contributed by atoms with Crippen LogP contribution >= 0.6 is 12.4 Å². The molecule has 2 nitrogen and oxygen atoms in total. The molecule has 21 heavy (non-hydrogen) atoms. The van der Waals surface area contributed by atoms with Gasteiger partial charge >= 0.3 is 0 Å². The first-order valence-electron chi connectivity index (χ1n) is 7.36. The monoisotopic (exact) mass is 303 g/mol. The van der Waals surface area contributed by atoms with Crippen LogP contribution in [0.4, 0.5) is 0 Å². The van der Waals surface area contributed by atoms with E-state index < -0.39 is 0 Å². The second kappa shape index (κ2) is 7.48. The molecule has 2 aromatic carbocycles. The van der Waals surface area contributed by atoms with Gasteiger partial charge in [0.1, 0.15) is 12.4 Å². The second-order valence-corrected chi connectivity index (χ2v) is 5.53. The number of hydrogen-bond acceptors (Lipinski definition) is 2. The molecule has 0 unspecified atom stereocenters. The Hall–Kier alpha value is -1.51. The summed E-state index contributed by atoms with van der Waals surface area (Å²) in [7, 11) is 0. The van der Waals surface area contributed by atoms with Crippen molar-refractivity contribution in [2.75, 3.05) is 0 Å². The maximum absolute atomic E-state index is 6.39. The number of benzene rings is 2. The molecule has 0 saturated heterocycles. The second-order valence-electron chi connectivity index (χ2n) is 5.53. The smallest absolute Gasteiger partial charge is 0.124 e. The van der Waals surface area contributed by atoms with Crippen LogP contribution < -0.4 is 10.5 Å². The van der Waals surface area contributed by atoms with E-state index in [1.807, 2.05) is 36.4 Å². The number of para-hydroxylation sites is 1. The van der Waals surface area contributed by atoms with Crippen molar-refractivity contribution in [3.8, 4) is 5.75 Å². The van der Waals surface area contributed by atoms with E-state index in [1.54, 1.807) is 0 Å². The zero-order valence-corrected chi connectivity index (χ0v) is 12.9. The lowest BCUT2D eigenvalue weighted by Gasteiger charge is -2.32. The standard InChI is InChI=1S/C18H21NO.ClH/c19-18(15-9-6-10-15)16-11-4-5-12-17(16)20-13-14-7-2-1-3-8-14;/h1-5,7-8,11-12,15,18H,6,9-10,13,19H2;1H/t18-;/m1./s1. The van der Waals surface area contributed by atoms with E-state index in [-0.39, 0.29) is 18.4 Å². The Labute approximate surface area is 132 Å². The van der Waals surface area contributed by atoms with Crippen molar-refractivity contribution in [2.45, 2.75) is 31.9 Å². The van der Waals surface area contributed by atoms with Crippen LogP contribution in [-0.2, 0) is 6.61 Å². The number of ether oxygens (including phenoxy) is 1. The van der Waals surface area contributed by atoms with Crippen molar-refractivity contribution >= 4 is 12.4 Å². The zero-order chi connectivity index (χ0) is 13.8. The Morgan fingerprint density at radius 3 is 2.33 bits per heavy atom. The average Bonchev–Trinajstić information content (AvgIpc) is 2.45. The minimum absolute atomic E-state index is 0. The molecule has 0 radical (unpaired) electrons. The van der Waals surface area contributed by atoms with Gasteiger partial charge in [-0.1, -0.05) is 55.0 Å². The summed E-state index contributed by atoms with van der Waals surface area (Å²) in [6.45, 7) is 0.592. The fourth-order valence-electron chi connectivity index (χ4n) is 2.68. The molecule has 1 fully saturated rings. The first kappa shape index (κ1) is 15.9. The summed E-state index contributed by atoms with van der Waals surface area (Å²) in [5.74, 6) is 1.55. The molecular weight excluding hydrogens is 282 g/mol. The SMILES string of the molecule is Cl.N[C@@H](c1ccccc1OCc1ccccc1)C1CCC1. The maximum Gasteiger partial charge on any atom is 0.124 e. The summed E-state index contributed by atoms with van der Waals surface area (Å²) in [6.07, 6.45) is 3.80. The van der Waals surface area contributed by atoms with Crippen LogP contribution in [0.5, 0.6) is 5.75 Å². The van der Waals surface area contributed by atoms with E-state index in [1.165, 1.54) is 24.8 Å². The molecule has 1 atom stereocenters. The van der Waals surface area contributed by atoms with Gasteiger partial charge in [-0.25, -0.2) is 0 Å². The van der Waals surface area contributed by atoms with Gasteiger partial charge in [-0.15, -0.1) is 12.4 Å². The van der Waals surface area contributed by atoms with Crippen LogP contribution in [0.1, 0.15) is 36.4 Å². The summed E-state index contributed by atoms with van der Waals surface area (Å²) in [6, 6.07) is 18.5. The molecule has 1 aliphatic rings. The number of hydrogen-bond donors (Lipinski definition) is 1. The first-order chi connectivity index (χ1) is 9.84. The molecule has 0 heterocycles. The Balaban J connectivity index is 0.00000161. The molecule has 1 saturated carbocycles. The fourth-order valence-corrected chi connectivity index (χ4v) is 2.68. The topological polar surface area (TPSA) is 35.2 Å². The third kappa shape index (κ3) is 3.78. The van der Waals surface area contributed by atoms with Crippen molar-refractivity contribution < 1.29 is 4.74 Å². The molecule has 0 amide bonds. The highest BCUT2D eigenvalue weighted by molar-refractivity contribution is 5.85. The molecule has 0 bridgehead atoms. The molecule has 3 heteroatoms. The van der Waals surface area contributed by atoms with E-state index in [2.05, 4.69) is 18.2 Å². The predicted molar refractivity (Wildman–Crippen MR) is 88.7 cm³/mol. The van der Waals surface area contributed by atoms with Crippen LogP contribution in [0.25, 0.3) is 0 Å². The zero-order valence-electron chi connectivity index (χ0n) is 12.1. The third-order valence-corrected chi connectivity index (χ3v) is 4.17. The van der Waals surface area contributed by atoms with Gasteiger partial charge in [-0.05, 0) is 30.4 Å². The third-order valence-electron chi connectivity index (χ3n) is 4.17. The van der Waals surface area contributed by atoms with Crippen molar-refractivity contribution in [1.29, 1.82) is 0 Å². The number of nitrogens with two attached hydrogens (primary N) is 1. The Morgan fingerprint density at radius 1 is 1.00 bits per heavy atom. The van der Waals surface area contributed by atoms with Gasteiger partial charge in [0.2, 0.25) is 0 Å². The highest BCUT2D eigenvalue weighted by Gasteiger charge is 2.27. The minimum Gasteiger partial charge on any atom is -0.489 e. The van der Waals surface area contributed by atoms with E-state index >= 15 is 0 Å². The van der Waals surface area contributed by atoms with Crippen molar-refractivity contribution in [2.24, 2.45) is 11.7 Å². The van der Waals surface area contributed by atoms with E-state index in [0.717, 1.165) is 11.3 Å². The molecular formula is C18H22ClNO. The van der Waals surface area contributed by atoms with Crippen LogP contribution in [0.15, 0.2) is 54.6 Å². The molecule has 3 rings (SSSR count). The average molecular weight is 304 g/mol. The maximum atomic E-state index is 6.39. The minimum atomic E-state index is 0. The normalized spacial score (nSPS) is 15.7. The molecule has 0 aromatic heterocycles. The quantitative estimate of drug-likeness (QED) is 0.883. The number of halogens is 1. The number of rotatable bonds is 5. The summed E-state index contributed by atoms with van der Waals surface area (Å²) >= 11 is 0. The van der Waals surface area contributed by atoms with Gasteiger partial charge in [-0.2, -0.15) is 0 Å². The lowest BCUT2D eigenvalue weighted by atomic mass is 9.77. The van der Waals surface area contributed by atoms with Gasteiger partial charge in [0.15, 0.2) is 0 Å². The predicted octanol–water partition coefficient (Wildman–Crippen LogP) is 4.49. The van der Waals surface area contributed by atoms with Gasteiger partial charge < -0.3 is 10.5 Å². The summed E-state index contributed by atoms with van der Waals surface area (Å²) in [5.41, 5.74) is 8.72. The van der Waals surface area contributed by atoms with E-state index in [4.69, 9.17) is 10.5 Å². The summed E-state index contributed by atoms with van der Waals surface area (Å²) < 4.78 is 5.98. The lowest BCUT2D eigenvalue weighted by molar-refractivity contribution is 0.251. The Morgan fingerprint density at radius 2 is 1.67 bits per heavy atom. The summed E-state index contributed by atoms with van der Waals surface area (Å²) in [4.78, 5) is 0. The highest BCUT2D eigenvalue weighted by Crippen LogP contribution is 2.39. The van der Waals surface area contributed by atoms with Gasteiger partial charge in [-0.3, -0.25) is 0 Å². The van der Waals surface area contributed by atoms with E-state index in [0.29, 0.717) is 12.5 Å². The van der Waals surface area contributed by atoms with E-state index in [9.17, 15) is 0 Å². The van der Waals surface area contributed by atoms with Crippen LogP contribution in [0.2, 0.25) is 0 Å². The highest BCUT2D eigenvalue weighted by atomic mass is 35.5. The van der Waals surface area contributed by atoms with Crippen LogP contribution in [-0.4, -0.2) is 0 Å². The van der Waals surface area contributed by atoms with Crippen molar-refractivity contribution in [3.05, 3.63) is 65.7 Å². The molecule has 112 valence electrons. The van der Waals surface area contributed by atoms with Crippen LogP contribution in [0.3, 0.4) is 0 Å². The Kier molecular flexibility index (Phi) is 5.66. The molecule has 0 spiro atoms. The van der Waals surface area contributed by atoms with Crippen molar-refractivity contribution in [3.63, 3.8) is 0 Å². The van der Waals surface area contributed by atoms with Crippen molar-refractivity contribution in [1.82, 2.24) is 0 Å². The van der Waals surface area contributed by atoms with Crippen LogP contribution in [0, 0.1) is 5.92 Å².